The van der Waals surface area contributed by atoms with E-state index in [4.69, 9.17) is 11.6 Å². The number of halogens is 1. The molecule has 142 valence electrons. The normalized spacial score (nSPS) is 14.2. The molecule has 0 aliphatic carbocycles. The minimum atomic E-state index is -0.624. The van der Waals surface area contributed by atoms with Crippen molar-refractivity contribution in [3.63, 3.8) is 0 Å². The van der Waals surface area contributed by atoms with E-state index in [-0.39, 0.29) is 0 Å². The summed E-state index contributed by atoms with van der Waals surface area (Å²) in [5.74, 6) is -1.13. The molecule has 2 amide bonds. The maximum Gasteiger partial charge on any atom is 0.313 e. The van der Waals surface area contributed by atoms with Crippen LogP contribution in [-0.4, -0.2) is 42.9 Å². The fourth-order valence-corrected chi connectivity index (χ4v) is 3.45. The molecular weight excluding hydrogens is 362 g/mol. The summed E-state index contributed by atoms with van der Waals surface area (Å²) in [7, 11) is 0. The van der Waals surface area contributed by atoms with E-state index in [9.17, 15) is 9.59 Å². The van der Waals surface area contributed by atoms with Crippen molar-refractivity contribution in [1.82, 2.24) is 4.90 Å². The molecule has 1 aliphatic heterocycles. The van der Waals surface area contributed by atoms with Gasteiger partial charge in [0.15, 0.2) is 0 Å². The van der Waals surface area contributed by atoms with Crippen molar-refractivity contribution >= 4 is 34.8 Å². The second-order valence-corrected chi connectivity index (χ2v) is 7.35. The van der Waals surface area contributed by atoms with Crippen LogP contribution in [0.4, 0.5) is 11.4 Å². The van der Waals surface area contributed by atoms with Gasteiger partial charge in [0.1, 0.15) is 0 Å². The Kier molecular flexibility index (Phi) is 5.71. The van der Waals surface area contributed by atoms with Crippen LogP contribution in [0.1, 0.15) is 16.7 Å². The maximum absolute atomic E-state index is 12.5. The highest BCUT2D eigenvalue weighted by atomic mass is 35.5. The first-order valence-corrected chi connectivity index (χ1v) is 9.42. The summed E-state index contributed by atoms with van der Waals surface area (Å²) in [6.07, 6.45) is 0. The van der Waals surface area contributed by atoms with E-state index in [0.717, 1.165) is 5.56 Å². The minimum Gasteiger partial charge on any atom is -0.368 e. The molecule has 6 heteroatoms. The van der Waals surface area contributed by atoms with Crippen molar-refractivity contribution in [2.75, 3.05) is 36.4 Å². The highest BCUT2D eigenvalue weighted by Crippen LogP contribution is 2.24. The van der Waals surface area contributed by atoms with Crippen molar-refractivity contribution in [1.29, 1.82) is 0 Å². The fraction of sp³-hybridized carbons (Fsp3) is 0.333. The summed E-state index contributed by atoms with van der Waals surface area (Å²) in [5, 5.41) is 3.20. The molecule has 0 spiro atoms. The Labute approximate surface area is 164 Å². The number of amides is 2. The summed E-state index contributed by atoms with van der Waals surface area (Å²) < 4.78 is 0. The smallest absolute Gasteiger partial charge is 0.313 e. The molecule has 0 aromatic heterocycles. The van der Waals surface area contributed by atoms with Crippen LogP contribution in [0.25, 0.3) is 0 Å². The third-order valence-corrected chi connectivity index (χ3v) is 5.36. The Morgan fingerprint density at radius 1 is 0.963 bits per heavy atom. The van der Waals surface area contributed by atoms with Gasteiger partial charge in [-0.05, 0) is 55.7 Å². The standard InChI is InChI=1S/C21H24ClN3O2/c1-14-5-4-6-19(16(14)3)24-9-11-25(12-10-24)21(27)20(26)23-18-13-17(22)8-7-15(18)2/h4-8,13H,9-12H2,1-3H3,(H,23,26). The molecule has 27 heavy (non-hydrogen) atoms. The lowest BCUT2D eigenvalue weighted by atomic mass is 10.1. The Morgan fingerprint density at radius 3 is 2.37 bits per heavy atom. The van der Waals surface area contributed by atoms with Gasteiger partial charge in [-0.1, -0.05) is 29.8 Å². The molecule has 5 nitrogen and oxygen atoms in total. The zero-order chi connectivity index (χ0) is 19.6. The van der Waals surface area contributed by atoms with Crippen molar-refractivity contribution in [3.8, 4) is 0 Å². The third kappa shape index (κ3) is 4.25. The van der Waals surface area contributed by atoms with Gasteiger partial charge >= 0.3 is 11.8 Å². The SMILES string of the molecule is Cc1ccc(Cl)cc1NC(=O)C(=O)N1CCN(c2cccc(C)c2C)CC1. The van der Waals surface area contributed by atoms with Crippen molar-refractivity contribution in [2.24, 2.45) is 0 Å². The Morgan fingerprint density at radius 2 is 1.67 bits per heavy atom. The number of nitrogens with one attached hydrogen (secondary N) is 1. The number of carbonyl (C=O) groups is 2. The predicted octanol–water partition coefficient (Wildman–Crippen LogP) is 3.55. The minimum absolute atomic E-state index is 0.505. The number of hydrogen-bond acceptors (Lipinski definition) is 3. The summed E-state index contributed by atoms with van der Waals surface area (Å²) in [6.45, 7) is 8.53. The van der Waals surface area contributed by atoms with E-state index in [1.807, 2.05) is 13.0 Å². The van der Waals surface area contributed by atoms with Gasteiger partial charge in [0.05, 0.1) is 0 Å². The summed E-state index contributed by atoms with van der Waals surface area (Å²) in [4.78, 5) is 28.8. The highest BCUT2D eigenvalue weighted by Gasteiger charge is 2.27. The molecular formula is C21H24ClN3O2. The maximum atomic E-state index is 12.5. The van der Waals surface area contributed by atoms with Gasteiger partial charge in [0.2, 0.25) is 0 Å². The molecule has 1 fully saturated rings. The predicted molar refractivity (Wildman–Crippen MR) is 110 cm³/mol. The third-order valence-electron chi connectivity index (χ3n) is 5.13. The molecule has 1 aliphatic rings. The average Bonchev–Trinajstić information content (AvgIpc) is 2.66. The number of aryl methyl sites for hydroxylation is 2. The van der Waals surface area contributed by atoms with Gasteiger partial charge < -0.3 is 15.1 Å². The molecule has 1 saturated heterocycles. The van der Waals surface area contributed by atoms with E-state index in [0.29, 0.717) is 36.9 Å². The lowest BCUT2D eigenvalue weighted by Gasteiger charge is -2.36. The first-order valence-electron chi connectivity index (χ1n) is 9.04. The quantitative estimate of drug-likeness (QED) is 0.804. The Hall–Kier alpha value is -2.53. The van der Waals surface area contributed by atoms with Crippen LogP contribution in [0.5, 0.6) is 0 Å². The molecule has 0 unspecified atom stereocenters. The molecule has 2 aromatic carbocycles. The van der Waals surface area contributed by atoms with E-state index in [2.05, 4.69) is 42.3 Å². The second kappa shape index (κ2) is 8.01. The fourth-order valence-electron chi connectivity index (χ4n) is 3.28. The Bertz CT molecular complexity index is 874. The van der Waals surface area contributed by atoms with Gasteiger partial charge in [0, 0.05) is 42.6 Å². The number of piperazine rings is 1. The first-order chi connectivity index (χ1) is 12.9. The van der Waals surface area contributed by atoms with E-state index >= 15 is 0 Å². The molecule has 0 atom stereocenters. The second-order valence-electron chi connectivity index (χ2n) is 6.91. The molecule has 0 bridgehead atoms. The average molecular weight is 386 g/mol. The van der Waals surface area contributed by atoms with Crippen molar-refractivity contribution in [2.45, 2.75) is 20.8 Å². The topological polar surface area (TPSA) is 52.7 Å². The Balaban J connectivity index is 1.62. The van der Waals surface area contributed by atoms with Crippen LogP contribution in [0, 0.1) is 20.8 Å². The molecule has 2 aromatic rings. The first kappa shape index (κ1) is 19.2. The molecule has 3 rings (SSSR count). The lowest BCUT2D eigenvalue weighted by Crippen LogP contribution is -2.51. The number of hydrogen-bond donors (Lipinski definition) is 1. The zero-order valence-corrected chi connectivity index (χ0v) is 16.6. The van der Waals surface area contributed by atoms with Gasteiger partial charge in [-0.25, -0.2) is 0 Å². The van der Waals surface area contributed by atoms with Crippen LogP contribution in [0.15, 0.2) is 36.4 Å². The number of benzene rings is 2. The van der Waals surface area contributed by atoms with Gasteiger partial charge in [-0.15, -0.1) is 0 Å². The summed E-state index contributed by atoms with van der Waals surface area (Å²) in [5.41, 5.74) is 5.13. The van der Waals surface area contributed by atoms with Crippen LogP contribution in [-0.2, 0) is 9.59 Å². The van der Waals surface area contributed by atoms with Crippen LogP contribution >= 0.6 is 11.6 Å². The molecule has 0 saturated carbocycles. The van der Waals surface area contributed by atoms with Gasteiger partial charge in [0.25, 0.3) is 0 Å². The summed E-state index contributed by atoms with van der Waals surface area (Å²) >= 11 is 5.97. The van der Waals surface area contributed by atoms with E-state index < -0.39 is 11.8 Å². The lowest BCUT2D eigenvalue weighted by molar-refractivity contribution is -0.143. The van der Waals surface area contributed by atoms with Gasteiger partial charge in [-0.2, -0.15) is 0 Å². The number of carbonyl (C=O) groups excluding carboxylic acids is 2. The van der Waals surface area contributed by atoms with Crippen molar-refractivity contribution in [3.05, 3.63) is 58.1 Å². The zero-order valence-electron chi connectivity index (χ0n) is 15.9. The number of nitrogens with zero attached hydrogens (tertiary/aromatic N) is 2. The number of rotatable bonds is 2. The van der Waals surface area contributed by atoms with E-state index in [1.165, 1.54) is 16.8 Å². The van der Waals surface area contributed by atoms with Crippen LogP contribution in [0.2, 0.25) is 5.02 Å². The molecule has 1 heterocycles. The highest BCUT2D eigenvalue weighted by molar-refractivity contribution is 6.40. The largest absolute Gasteiger partial charge is 0.368 e. The monoisotopic (exact) mass is 385 g/mol. The van der Waals surface area contributed by atoms with E-state index in [1.54, 1.807) is 17.0 Å². The van der Waals surface area contributed by atoms with Crippen molar-refractivity contribution < 1.29 is 9.59 Å². The number of anilines is 2. The van der Waals surface area contributed by atoms with Gasteiger partial charge in [-0.3, -0.25) is 9.59 Å². The molecule has 0 radical (unpaired) electrons. The van der Waals surface area contributed by atoms with Crippen LogP contribution in [0.3, 0.4) is 0 Å². The summed E-state index contributed by atoms with van der Waals surface area (Å²) in [6, 6.07) is 11.5. The molecule has 1 N–H and O–H groups in total. The van der Waals surface area contributed by atoms with Crippen LogP contribution < -0.4 is 10.2 Å².